The normalized spacial score (nSPS) is 15.4. The number of nitrogens with zero attached hydrogens (tertiary/aromatic N) is 3. The summed E-state index contributed by atoms with van der Waals surface area (Å²) in [6.45, 7) is 1.95. The molecule has 0 atom stereocenters. The quantitative estimate of drug-likeness (QED) is 0.774. The number of rotatable bonds is 2. The smallest absolute Gasteiger partial charge is 0.166 e. The molecule has 16 heavy (non-hydrogen) atoms. The zero-order valence-corrected chi connectivity index (χ0v) is 9.02. The minimum atomic E-state index is -0.236. The van der Waals surface area contributed by atoms with Gasteiger partial charge < -0.3 is 4.57 Å². The highest BCUT2D eigenvalue weighted by Gasteiger charge is 2.27. The molecular formula is C12H12FN3. The molecule has 4 heteroatoms. The Bertz CT molecular complexity index is 529. The third kappa shape index (κ3) is 1.50. The van der Waals surface area contributed by atoms with E-state index in [0.717, 1.165) is 18.4 Å². The largest absolute Gasteiger partial charge is 0.310 e. The molecule has 0 N–H and O–H groups in total. The van der Waals surface area contributed by atoms with E-state index in [4.69, 9.17) is 0 Å². The highest BCUT2D eigenvalue weighted by molar-refractivity contribution is 5.57. The van der Waals surface area contributed by atoms with Crippen LogP contribution in [0.25, 0.3) is 11.4 Å². The van der Waals surface area contributed by atoms with Crippen molar-refractivity contribution >= 4 is 0 Å². The Morgan fingerprint density at radius 3 is 2.94 bits per heavy atom. The molecule has 1 aliphatic carbocycles. The highest BCUT2D eigenvalue weighted by Crippen LogP contribution is 2.37. The minimum absolute atomic E-state index is 0.236. The first-order valence-electron chi connectivity index (χ1n) is 5.42. The Balaban J connectivity index is 2.13. The van der Waals surface area contributed by atoms with Gasteiger partial charge in [0.1, 0.15) is 12.1 Å². The van der Waals surface area contributed by atoms with Gasteiger partial charge in [-0.2, -0.15) is 0 Å². The van der Waals surface area contributed by atoms with Crippen LogP contribution >= 0.6 is 0 Å². The summed E-state index contributed by atoms with van der Waals surface area (Å²) in [6, 6.07) is 5.52. The fourth-order valence-corrected chi connectivity index (χ4v) is 1.87. The Kier molecular flexibility index (Phi) is 2.02. The fraction of sp³-hybridized carbons (Fsp3) is 0.333. The molecule has 0 saturated heterocycles. The van der Waals surface area contributed by atoms with Crippen LogP contribution in [0.5, 0.6) is 0 Å². The molecule has 1 aromatic carbocycles. The monoisotopic (exact) mass is 217 g/mol. The minimum Gasteiger partial charge on any atom is -0.310 e. The van der Waals surface area contributed by atoms with Gasteiger partial charge in [-0.3, -0.25) is 0 Å². The first kappa shape index (κ1) is 9.51. The summed E-state index contributed by atoms with van der Waals surface area (Å²) in [6.07, 6.45) is 3.96. The van der Waals surface area contributed by atoms with Crippen LogP contribution in [0.3, 0.4) is 0 Å². The first-order valence-corrected chi connectivity index (χ1v) is 5.42. The second-order valence-corrected chi connectivity index (χ2v) is 4.28. The van der Waals surface area contributed by atoms with E-state index in [0.29, 0.717) is 17.4 Å². The van der Waals surface area contributed by atoms with Gasteiger partial charge in [-0.05, 0) is 31.9 Å². The average Bonchev–Trinajstić information content (AvgIpc) is 3.01. The van der Waals surface area contributed by atoms with Gasteiger partial charge >= 0.3 is 0 Å². The van der Waals surface area contributed by atoms with Crippen LogP contribution in [0.1, 0.15) is 24.4 Å². The molecule has 1 aromatic heterocycles. The zero-order chi connectivity index (χ0) is 11.1. The van der Waals surface area contributed by atoms with Crippen molar-refractivity contribution in [3.8, 4) is 11.4 Å². The van der Waals surface area contributed by atoms with Crippen molar-refractivity contribution in [2.75, 3.05) is 0 Å². The Morgan fingerprint density at radius 1 is 1.38 bits per heavy atom. The van der Waals surface area contributed by atoms with Crippen molar-refractivity contribution in [2.45, 2.75) is 25.8 Å². The van der Waals surface area contributed by atoms with E-state index in [2.05, 4.69) is 10.2 Å². The van der Waals surface area contributed by atoms with Crippen molar-refractivity contribution in [3.63, 3.8) is 0 Å². The second-order valence-electron chi connectivity index (χ2n) is 4.28. The molecule has 0 spiro atoms. The van der Waals surface area contributed by atoms with Crippen molar-refractivity contribution in [1.29, 1.82) is 0 Å². The molecule has 0 unspecified atom stereocenters. The van der Waals surface area contributed by atoms with Crippen LogP contribution in [0.15, 0.2) is 24.5 Å². The van der Waals surface area contributed by atoms with E-state index < -0.39 is 0 Å². The van der Waals surface area contributed by atoms with Gasteiger partial charge in [-0.15, -0.1) is 10.2 Å². The third-order valence-electron chi connectivity index (χ3n) is 2.88. The summed E-state index contributed by atoms with van der Waals surface area (Å²) in [7, 11) is 0. The third-order valence-corrected chi connectivity index (χ3v) is 2.88. The summed E-state index contributed by atoms with van der Waals surface area (Å²) >= 11 is 0. The van der Waals surface area contributed by atoms with Gasteiger partial charge in [0.25, 0.3) is 0 Å². The van der Waals surface area contributed by atoms with E-state index in [9.17, 15) is 4.39 Å². The lowest BCUT2D eigenvalue weighted by atomic mass is 10.1. The maximum Gasteiger partial charge on any atom is 0.166 e. The molecule has 0 aliphatic heterocycles. The zero-order valence-electron chi connectivity index (χ0n) is 9.02. The number of hydrogen-bond donors (Lipinski definition) is 0. The predicted octanol–water partition coefficient (Wildman–Crippen LogP) is 2.73. The van der Waals surface area contributed by atoms with Crippen LogP contribution in [0.4, 0.5) is 4.39 Å². The molecule has 0 amide bonds. The number of aromatic nitrogens is 3. The van der Waals surface area contributed by atoms with E-state index in [-0.39, 0.29) is 5.82 Å². The van der Waals surface area contributed by atoms with Crippen molar-refractivity contribution in [3.05, 3.63) is 35.9 Å². The Morgan fingerprint density at radius 2 is 2.19 bits per heavy atom. The summed E-state index contributed by atoms with van der Waals surface area (Å²) < 4.78 is 15.7. The topological polar surface area (TPSA) is 30.7 Å². The van der Waals surface area contributed by atoms with Gasteiger partial charge in [0.05, 0.1) is 5.56 Å². The standard InChI is InChI=1S/C12H12FN3/c1-8-2-5-11(13)10(6-8)12-15-14-7-16(12)9-3-4-9/h2,5-7,9H,3-4H2,1H3. The van der Waals surface area contributed by atoms with Crippen LogP contribution < -0.4 is 0 Å². The first-order chi connectivity index (χ1) is 7.75. The second kappa shape index (κ2) is 3.40. The molecule has 1 fully saturated rings. The molecule has 1 saturated carbocycles. The summed E-state index contributed by atoms with van der Waals surface area (Å²) in [5.74, 6) is 0.407. The number of aryl methyl sites for hydroxylation is 1. The fourth-order valence-electron chi connectivity index (χ4n) is 1.87. The lowest BCUT2D eigenvalue weighted by molar-refractivity contribution is 0.626. The molecule has 82 valence electrons. The summed E-state index contributed by atoms with van der Waals surface area (Å²) in [4.78, 5) is 0. The lowest BCUT2D eigenvalue weighted by Gasteiger charge is -2.06. The number of hydrogen-bond acceptors (Lipinski definition) is 2. The van der Waals surface area contributed by atoms with Crippen LogP contribution in [-0.2, 0) is 0 Å². The number of benzene rings is 1. The maximum absolute atomic E-state index is 13.7. The molecule has 1 aliphatic rings. The van der Waals surface area contributed by atoms with E-state index in [1.165, 1.54) is 6.07 Å². The molecule has 2 aromatic rings. The van der Waals surface area contributed by atoms with Crippen LogP contribution in [0.2, 0.25) is 0 Å². The van der Waals surface area contributed by atoms with Gasteiger partial charge in [-0.25, -0.2) is 4.39 Å². The van der Waals surface area contributed by atoms with Gasteiger partial charge in [0.15, 0.2) is 5.82 Å². The van der Waals surface area contributed by atoms with E-state index in [1.54, 1.807) is 12.4 Å². The SMILES string of the molecule is Cc1ccc(F)c(-c2nncn2C2CC2)c1. The van der Waals surface area contributed by atoms with Crippen LogP contribution in [-0.4, -0.2) is 14.8 Å². The van der Waals surface area contributed by atoms with Crippen molar-refractivity contribution in [1.82, 2.24) is 14.8 Å². The summed E-state index contributed by atoms with van der Waals surface area (Å²) in [5, 5.41) is 7.90. The Hall–Kier alpha value is -1.71. The maximum atomic E-state index is 13.7. The molecule has 3 nitrogen and oxygen atoms in total. The van der Waals surface area contributed by atoms with Gasteiger partial charge in [0, 0.05) is 6.04 Å². The van der Waals surface area contributed by atoms with Crippen molar-refractivity contribution in [2.24, 2.45) is 0 Å². The number of halogens is 1. The van der Waals surface area contributed by atoms with Crippen LogP contribution in [0, 0.1) is 12.7 Å². The predicted molar refractivity (Wildman–Crippen MR) is 58.4 cm³/mol. The lowest BCUT2D eigenvalue weighted by Crippen LogP contribution is -1.98. The van der Waals surface area contributed by atoms with Gasteiger partial charge in [0.2, 0.25) is 0 Å². The highest BCUT2D eigenvalue weighted by atomic mass is 19.1. The van der Waals surface area contributed by atoms with Gasteiger partial charge in [-0.1, -0.05) is 11.6 Å². The molecular weight excluding hydrogens is 205 g/mol. The molecule has 3 rings (SSSR count). The summed E-state index contributed by atoms with van der Waals surface area (Å²) in [5.41, 5.74) is 1.58. The van der Waals surface area contributed by atoms with E-state index >= 15 is 0 Å². The van der Waals surface area contributed by atoms with E-state index in [1.807, 2.05) is 17.6 Å². The molecule has 0 radical (unpaired) electrons. The Labute approximate surface area is 92.9 Å². The molecule has 1 heterocycles. The van der Waals surface area contributed by atoms with Crippen molar-refractivity contribution < 1.29 is 4.39 Å². The molecule has 0 bridgehead atoms. The average molecular weight is 217 g/mol.